The van der Waals surface area contributed by atoms with E-state index in [1.165, 1.54) is 0 Å². The zero-order chi connectivity index (χ0) is 12.1. The first-order valence-corrected chi connectivity index (χ1v) is 6.65. The van der Waals surface area contributed by atoms with E-state index in [1.807, 2.05) is 36.4 Å². The Bertz CT molecular complexity index is 276. The van der Waals surface area contributed by atoms with E-state index >= 15 is 0 Å². The van der Waals surface area contributed by atoms with Crippen LogP contribution in [0.1, 0.15) is 0 Å². The van der Waals surface area contributed by atoms with Crippen molar-refractivity contribution < 1.29 is 37.7 Å². The van der Waals surface area contributed by atoms with Crippen LogP contribution < -0.4 is 12.4 Å². The third-order valence-corrected chi connectivity index (χ3v) is 1.13. The van der Waals surface area contributed by atoms with Crippen molar-refractivity contribution >= 4 is 10.8 Å². The van der Waals surface area contributed by atoms with Gasteiger partial charge in [0.25, 0.3) is 0 Å². The van der Waals surface area contributed by atoms with Crippen molar-refractivity contribution in [2.45, 2.75) is 0 Å². The zero-order valence-corrected chi connectivity index (χ0v) is 14.0. The van der Waals surface area contributed by atoms with Gasteiger partial charge in [-0.15, -0.1) is 0 Å². The summed E-state index contributed by atoms with van der Waals surface area (Å²) in [5.41, 5.74) is 0. The molecule has 0 fully saturated rings. The summed E-state index contributed by atoms with van der Waals surface area (Å²) in [6.45, 7) is 0. The molecule has 0 aliphatic heterocycles. The molecule has 18 heavy (non-hydrogen) atoms. The van der Waals surface area contributed by atoms with Gasteiger partial charge in [-0.2, -0.15) is 0 Å². The van der Waals surface area contributed by atoms with Crippen LogP contribution in [-0.2, 0) is 31.9 Å². The number of nitrogens with zero attached hydrogens (tertiary/aromatic N) is 2. The second-order valence-corrected chi connectivity index (χ2v) is 4.27. The quantitative estimate of drug-likeness (QED) is 0.508. The molecule has 0 spiro atoms. The minimum absolute atomic E-state index is 0. The Hall–Kier alpha value is -0.572. The Morgan fingerprint density at radius 1 is 0.722 bits per heavy atom. The molecule has 2 aromatic rings. The van der Waals surface area contributed by atoms with Crippen molar-refractivity contribution in [3.8, 4) is 0 Å². The Morgan fingerprint density at radius 2 is 0.944 bits per heavy atom. The molecule has 0 atom stereocenters. The summed E-state index contributed by atoms with van der Waals surface area (Å²) in [5, 5.41) is 0. The van der Waals surface area contributed by atoms with Crippen molar-refractivity contribution in [1.82, 2.24) is 9.97 Å². The number of hydrogen-bond donors (Lipinski definition) is 0. The average Bonchev–Trinajstić information content (AvgIpc) is 2.34. The standard InChI is InChI=1S/2C5H5N.C2H6OS.ClH.Pt/c2*1-2-4-6-5-3-1;1-4(2)3;;/h2*1-5H;1-2H3;1H;/q;;;;+2/p-1. The van der Waals surface area contributed by atoms with E-state index in [0.29, 0.717) is 0 Å². The number of rotatable bonds is 0. The van der Waals surface area contributed by atoms with Crippen LogP contribution in [0.15, 0.2) is 61.2 Å². The minimum Gasteiger partial charge on any atom is -1.00 e. The fourth-order valence-electron chi connectivity index (χ4n) is 0.625. The first-order chi connectivity index (χ1) is 7.73. The number of aromatic nitrogens is 2. The van der Waals surface area contributed by atoms with Gasteiger partial charge in [0.1, 0.15) is 0 Å². The van der Waals surface area contributed by atoms with Gasteiger partial charge >= 0.3 is 21.1 Å². The molecular formula is C12H16ClN2OPtS+. The van der Waals surface area contributed by atoms with Gasteiger partial charge in [0.05, 0.1) is 0 Å². The molecule has 0 radical (unpaired) electrons. The Balaban J connectivity index is -0.000000182. The van der Waals surface area contributed by atoms with Crippen molar-refractivity contribution in [3.05, 3.63) is 61.2 Å². The molecule has 0 aliphatic carbocycles. The van der Waals surface area contributed by atoms with Crippen molar-refractivity contribution in [1.29, 1.82) is 0 Å². The topological polar surface area (TPSA) is 42.9 Å². The van der Waals surface area contributed by atoms with Crippen molar-refractivity contribution in [2.75, 3.05) is 12.5 Å². The van der Waals surface area contributed by atoms with Crippen LogP contribution in [0.25, 0.3) is 0 Å². The summed E-state index contributed by atoms with van der Waals surface area (Å²) < 4.78 is 9.56. The van der Waals surface area contributed by atoms with Crippen LogP contribution in [-0.4, -0.2) is 26.7 Å². The van der Waals surface area contributed by atoms with Gasteiger partial charge in [-0.05, 0) is 24.3 Å². The first kappa shape index (κ1) is 22.6. The number of hydrogen-bond acceptors (Lipinski definition) is 3. The molecule has 0 bridgehead atoms. The summed E-state index contributed by atoms with van der Waals surface area (Å²) in [6.07, 6.45) is 10.3. The number of halogens is 1. The summed E-state index contributed by atoms with van der Waals surface area (Å²) in [6, 6.07) is 11.4. The SMILES string of the molecule is CS(C)=O.[Cl-].[Pt+2].c1ccncc1.c1ccncc1. The molecule has 0 unspecified atom stereocenters. The fourth-order valence-corrected chi connectivity index (χ4v) is 0.625. The van der Waals surface area contributed by atoms with Gasteiger partial charge in [-0.25, -0.2) is 0 Å². The van der Waals surface area contributed by atoms with E-state index in [9.17, 15) is 4.21 Å². The van der Waals surface area contributed by atoms with Crippen molar-refractivity contribution in [3.63, 3.8) is 0 Å². The van der Waals surface area contributed by atoms with Crippen molar-refractivity contribution in [2.24, 2.45) is 0 Å². The minimum atomic E-state index is -0.611. The van der Waals surface area contributed by atoms with Gasteiger partial charge in [-0.3, -0.25) is 14.2 Å². The van der Waals surface area contributed by atoms with E-state index in [4.69, 9.17) is 0 Å². The van der Waals surface area contributed by atoms with Crippen LogP contribution in [0, 0.1) is 0 Å². The molecule has 0 N–H and O–H groups in total. The van der Waals surface area contributed by atoms with Crippen LogP contribution in [0.3, 0.4) is 0 Å². The summed E-state index contributed by atoms with van der Waals surface area (Å²) in [4.78, 5) is 7.57. The normalized spacial score (nSPS) is 7.28. The van der Waals surface area contributed by atoms with E-state index < -0.39 is 10.8 Å². The van der Waals surface area contributed by atoms with Crippen LogP contribution in [0.2, 0.25) is 0 Å². The molecule has 6 heteroatoms. The third kappa shape index (κ3) is 24.6. The fraction of sp³-hybridized carbons (Fsp3) is 0.167. The number of pyridine rings is 2. The molecule has 2 rings (SSSR count). The molecular weight excluding hydrogens is 451 g/mol. The molecule has 2 aromatic heterocycles. The molecule has 0 aliphatic rings. The average molecular weight is 467 g/mol. The van der Waals surface area contributed by atoms with Crippen LogP contribution >= 0.6 is 0 Å². The summed E-state index contributed by atoms with van der Waals surface area (Å²) >= 11 is 0. The van der Waals surface area contributed by atoms with Gasteiger partial charge < -0.3 is 12.4 Å². The van der Waals surface area contributed by atoms with Gasteiger partial charge in [0.15, 0.2) is 0 Å². The van der Waals surface area contributed by atoms with E-state index in [1.54, 1.807) is 37.3 Å². The maximum atomic E-state index is 9.56. The second-order valence-electron chi connectivity index (χ2n) is 2.79. The Morgan fingerprint density at radius 3 is 1.00 bits per heavy atom. The monoisotopic (exact) mass is 466 g/mol. The van der Waals surface area contributed by atoms with Crippen LogP contribution in [0.4, 0.5) is 0 Å². The molecule has 0 saturated heterocycles. The summed E-state index contributed by atoms with van der Waals surface area (Å²) in [7, 11) is -0.611. The smallest absolute Gasteiger partial charge is 1.00 e. The molecule has 3 nitrogen and oxygen atoms in total. The zero-order valence-electron chi connectivity index (χ0n) is 10.2. The van der Waals surface area contributed by atoms with E-state index in [2.05, 4.69) is 9.97 Å². The second kappa shape index (κ2) is 18.8. The molecule has 0 saturated carbocycles. The van der Waals surface area contributed by atoms with E-state index in [0.717, 1.165) is 0 Å². The summed E-state index contributed by atoms with van der Waals surface area (Å²) in [5.74, 6) is 0. The predicted octanol–water partition coefficient (Wildman–Crippen LogP) is -0.841. The molecule has 2 heterocycles. The van der Waals surface area contributed by atoms with Gasteiger partial charge in [-0.1, -0.05) is 12.1 Å². The van der Waals surface area contributed by atoms with Gasteiger partial charge in [0.2, 0.25) is 0 Å². The molecule has 0 aromatic carbocycles. The maximum absolute atomic E-state index is 9.56. The van der Waals surface area contributed by atoms with Gasteiger partial charge in [0, 0.05) is 48.1 Å². The Kier molecular flexibility index (Phi) is 23.6. The van der Waals surface area contributed by atoms with Crippen LogP contribution in [0.5, 0.6) is 0 Å². The maximum Gasteiger partial charge on any atom is 2.00 e. The molecule has 102 valence electrons. The Labute approximate surface area is 132 Å². The molecule has 0 amide bonds. The largest absolute Gasteiger partial charge is 2.00 e. The predicted molar refractivity (Wildman–Crippen MR) is 68.5 cm³/mol. The van der Waals surface area contributed by atoms with E-state index in [-0.39, 0.29) is 33.5 Å². The third-order valence-electron chi connectivity index (χ3n) is 1.13. The first-order valence-electron chi connectivity index (χ1n) is 4.68.